The van der Waals surface area contributed by atoms with Crippen molar-refractivity contribution in [1.29, 1.82) is 0 Å². The number of carbonyl (C=O) groups excluding carboxylic acids is 2. The highest BCUT2D eigenvalue weighted by atomic mass is 16.5. The molecule has 1 heterocycles. The van der Waals surface area contributed by atoms with Gasteiger partial charge in [-0.15, -0.1) is 0 Å². The summed E-state index contributed by atoms with van der Waals surface area (Å²) in [7, 11) is 0. The summed E-state index contributed by atoms with van der Waals surface area (Å²) in [6.45, 7) is 5.22. The maximum Gasteiger partial charge on any atom is 0.356 e. The minimum atomic E-state index is -0.482. The van der Waals surface area contributed by atoms with Crippen LogP contribution in [0.25, 0.3) is 0 Å². The van der Waals surface area contributed by atoms with Gasteiger partial charge < -0.3 is 9.47 Å². The molecule has 1 aromatic rings. The Morgan fingerprint density at radius 3 is 1.31 bits per heavy atom. The van der Waals surface area contributed by atoms with Gasteiger partial charge in [0.1, 0.15) is 11.4 Å². The van der Waals surface area contributed by atoms with Gasteiger partial charge in [-0.3, -0.25) is 0 Å². The van der Waals surface area contributed by atoms with Crippen LogP contribution in [-0.4, -0.2) is 30.1 Å². The van der Waals surface area contributed by atoms with Gasteiger partial charge in [0.2, 0.25) is 0 Å². The molecule has 0 bridgehead atoms. The van der Waals surface area contributed by atoms with Gasteiger partial charge in [0.15, 0.2) is 0 Å². The topological polar surface area (TPSA) is 65.5 Å². The molecule has 0 atom stereocenters. The van der Waals surface area contributed by atoms with Crippen LogP contribution in [0.15, 0.2) is 18.2 Å². The van der Waals surface area contributed by atoms with E-state index in [2.05, 4.69) is 18.8 Å². The molecule has 0 saturated carbocycles. The molecule has 0 aliphatic heterocycles. The van der Waals surface area contributed by atoms with E-state index < -0.39 is 11.9 Å². The third-order valence-electron chi connectivity index (χ3n) is 5.63. The molecule has 5 nitrogen and oxygen atoms in total. The van der Waals surface area contributed by atoms with Crippen molar-refractivity contribution in [2.75, 3.05) is 13.2 Å². The highest BCUT2D eigenvalue weighted by Crippen LogP contribution is 2.11. The number of pyridine rings is 1. The van der Waals surface area contributed by atoms with Crippen LogP contribution in [0.5, 0.6) is 0 Å². The Kier molecular flexibility index (Phi) is 17.4. The van der Waals surface area contributed by atoms with E-state index in [9.17, 15) is 9.59 Å². The lowest BCUT2D eigenvalue weighted by Crippen LogP contribution is -2.13. The fourth-order valence-electron chi connectivity index (χ4n) is 3.61. The molecule has 0 fully saturated rings. The molecule has 0 radical (unpaired) electrons. The zero-order chi connectivity index (χ0) is 23.3. The van der Waals surface area contributed by atoms with Crippen molar-refractivity contribution < 1.29 is 19.1 Å². The Morgan fingerprint density at radius 2 is 0.938 bits per heavy atom. The Balaban J connectivity index is 2.17. The van der Waals surface area contributed by atoms with Crippen molar-refractivity contribution in [2.24, 2.45) is 0 Å². The number of esters is 2. The van der Waals surface area contributed by atoms with Crippen molar-refractivity contribution in [3.8, 4) is 0 Å². The summed E-state index contributed by atoms with van der Waals surface area (Å²) in [6, 6.07) is 4.79. The molecule has 0 saturated heterocycles. The van der Waals surface area contributed by atoms with Crippen LogP contribution in [0.4, 0.5) is 0 Å². The lowest BCUT2D eigenvalue weighted by molar-refractivity contribution is 0.0482. The molecular formula is C27H45NO4. The van der Waals surface area contributed by atoms with Crippen LogP contribution < -0.4 is 0 Å². The van der Waals surface area contributed by atoms with E-state index in [1.54, 1.807) is 18.2 Å². The van der Waals surface area contributed by atoms with Crippen LogP contribution in [0.1, 0.15) is 138 Å². The highest BCUT2D eigenvalue weighted by Gasteiger charge is 2.14. The van der Waals surface area contributed by atoms with Gasteiger partial charge in [0.05, 0.1) is 13.2 Å². The first-order valence-corrected chi connectivity index (χ1v) is 13.0. The first-order chi connectivity index (χ1) is 15.7. The minimum absolute atomic E-state index is 0.158. The first-order valence-electron chi connectivity index (χ1n) is 13.0. The quantitative estimate of drug-likeness (QED) is 0.151. The average Bonchev–Trinajstić information content (AvgIpc) is 2.81. The minimum Gasteiger partial charge on any atom is -0.461 e. The van der Waals surface area contributed by atoms with Crippen molar-refractivity contribution in [3.05, 3.63) is 29.6 Å². The summed E-state index contributed by atoms with van der Waals surface area (Å²) in [5, 5.41) is 0. The third-order valence-corrected chi connectivity index (χ3v) is 5.63. The van der Waals surface area contributed by atoms with Crippen LogP contribution in [0.3, 0.4) is 0 Å². The van der Waals surface area contributed by atoms with Gasteiger partial charge in [-0.1, -0.05) is 110 Å². The van der Waals surface area contributed by atoms with Crippen molar-refractivity contribution in [1.82, 2.24) is 4.98 Å². The molecule has 1 aromatic heterocycles. The van der Waals surface area contributed by atoms with Crippen molar-refractivity contribution in [3.63, 3.8) is 0 Å². The van der Waals surface area contributed by atoms with Gasteiger partial charge in [-0.2, -0.15) is 0 Å². The number of rotatable bonds is 20. The number of aromatic nitrogens is 1. The van der Waals surface area contributed by atoms with Gasteiger partial charge in [-0.25, -0.2) is 14.6 Å². The van der Waals surface area contributed by atoms with E-state index in [-0.39, 0.29) is 11.4 Å². The van der Waals surface area contributed by atoms with E-state index >= 15 is 0 Å². The number of hydrogen-bond acceptors (Lipinski definition) is 5. The second kappa shape index (κ2) is 19.8. The summed E-state index contributed by atoms with van der Waals surface area (Å²) in [5.41, 5.74) is 0.316. The van der Waals surface area contributed by atoms with Gasteiger partial charge >= 0.3 is 11.9 Å². The summed E-state index contributed by atoms with van der Waals surface area (Å²) in [6.07, 6.45) is 19.1. The molecule has 0 aromatic carbocycles. The number of unbranched alkanes of at least 4 members (excludes halogenated alkanes) is 14. The molecule has 1 rings (SSSR count). The number of hydrogen-bond donors (Lipinski definition) is 0. The van der Waals surface area contributed by atoms with Gasteiger partial charge in [-0.05, 0) is 25.0 Å². The Hall–Kier alpha value is -1.91. The fraction of sp³-hybridized carbons (Fsp3) is 0.741. The van der Waals surface area contributed by atoms with E-state index in [0.717, 1.165) is 25.7 Å². The van der Waals surface area contributed by atoms with Crippen LogP contribution in [-0.2, 0) is 9.47 Å². The molecule has 0 spiro atoms. The maximum atomic E-state index is 12.2. The highest BCUT2D eigenvalue weighted by molar-refractivity contribution is 5.91. The second-order valence-electron chi connectivity index (χ2n) is 8.63. The van der Waals surface area contributed by atoms with Crippen molar-refractivity contribution in [2.45, 2.75) is 117 Å². The lowest BCUT2D eigenvalue weighted by atomic mass is 10.1. The third kappa shape index (κ3) is 14.2. The van der Waals surface area contributed by atoms with E-state index in [4.69, 9.17) is 9.47 Å². The monoisotopic (exact) mass is 447 g/mol. The van der Waals surface area contributed by atoms with E-state index in [0.29, 0.717) is 13.2 Å². The van der Waals surface area contributed by atoms with Crippen LogP contribution in [0.2, 0.25) is 0 Å². The molecule has 0 aliphatic carbocycles. The molecular weight excluding hydrogens is 402 g/mol. The average molecular weight is 448 g/mol. The predicted molar refractivity (Wildman–Crippen MR) is 130 cm³/mol. The zero-order valence-electron chi connectivity index (χ0n) is 20.5. The maximum absolute atomic E-state index is 12.2. The number of carbonyl (C=O) groups is 2. The van der Waals surface area contributed by atoms with E-state index in [1.807, 2.05) is 0 Å². The van der Waals surface area contributed by atoms with Crippen LogP contribution >= 0.6 is 0 Å². The van der Waals surface area contributed by atoms with Gasteiger partial charge in [0.25, 0.3) is 0 Å². The SMILES string of the molecule is CCCCCCCCCCCOC(=O)c1cccc(C(=O)OCCCCCCCCC)n1. The molecule has 0 N–H and O–H groups in total. The molecule has 32 heavy (non-hydrogen) atoms. The van der Waals surface area contributed by atoms with Gasteiger partial charge in [0, 0.05) is 0 Å². The first kappa shape index (κ1) is 28.1. The summed E-state index contributed by atoms with van der Waals surface area (Å²) in [5.74, 6) is -0.962. The lowest BCUT2D eigenvalue weighted by Gasteiger charge is -2.07. The molecule has 182 valence electrons. The Bertz CT molecular complexity index is 617. The fourth-order valence-corrected chi connectivity index (χ4v) is 3.61. The molecule has 0 unspecified atom stereocenters. The zero-order valence-corrected chi connectivity index (χ0v) is 20.5. The normalized spacial score (nSPS) is 10.8. The van der Waals surface area contributed by atoms with Crippen LogP contribution in [0, 0.1) is 0 Å². The predicted octanol–water partition coefficient (Wildman–Crippen LogP) is 7.68. The Labute approximate surface area is 195 Å². The largest absolute Gasteiger partial charge is 0.461 e. The number of ether oxygens (including phenoxy) is 2. The smallest absolute Gasteiger partial charge is 0.356 e. The molecule has 5 heteroatoms. The van der Waals surface area contributed by atoms with E-state index in [1.165, 1.54) is 77.0 Å². The standard InChI is InChI=1S/C27H45NO4/c1-3-5-7-9-11-12-14-16-18-23-32-27(30)25-21-19-20-24(28-25)26(29)31-22-17-15-13-10-8-6-4-2/h19-21H,3-18,22-23H2,1-2H3. The summed E-state index contributed by atoms with van der Waals surface area (Å²) < 4.78 is 10.6. The second-order valence-corrected chi connectivity index (χ2v) is 8.63. The van der Waals surface area contributed by atoms with Crippen molar-refractivity contribution >= 4 is 11.9 Å². The molecule has 0 amide bonds. The summed E-state index contributed by atoms with van der Waals surface area (Å²) in [4.78, 5) is 28.6. The number of nitrogens with zero attached hydrogens (tertiary/aromatic N) is 1. The Morgan fingerprint density at radius 1 is 0.594 bits per heavy atom. The molecule has 0 aliphatic rings. The summed E-state index contributed by atoms with van der Waals surface area (Å²) >= 11 is 0.